The van der Waals surface area contributed by atoms with Gasteiger partial charge >= 0.3 is 0 Å². The van der Waals surface area contributed by atoms with Crippen LogP contribution in [0.25, 0.3) is 0 Å². The van der Waals surface area contributed by atoms with Crippen LogP contribution in [0, 0.1) is 39.9 Å². The second-order valence-corrected chi connectivity index (χ2v) is 10.6. The molecule has 4 fully saturated rings. The summed E-state index contributed by atoms with van der Waals surface area (Å²) in [6.07, 6.45) is 10.2. The summed E-state index contributed by atoms with van der Waals surface area (Å²) in [5, 5.41) is 0. The van der Waals surface area contributed by atoms with E-state index in [9.17, 15) is 4.79 Å². The van der Waals surface area contributed by atoms with Crippen LogP contribution in [-0.4, -0.2) is 12.4 Å². The molecule has 23 heavy (non-hydrogen) atoms. The molecule has 4 saturated carbocycles. The van der Waals surface area contributed by atoms with Crippen molar-refractivity contribution in [2.45, 2.75) is 72.1 Å². The lowest BCUT2D eigenvalue weighted by atomic mass is 9.41. The number of fused-ring (bicyclic) bond motifs is 3. The molecule has 0 amide bonds. The Hall–Kier alpha value is 0.360. The lowest BCUT2D eigenvalue weighted by molar-refractivity contribution is -0.165. The van der Waals surface area contributed by atoms with Gasteiger partial charge in [-0.2, -0.15) is 0 Å². The van der Waals surface area contributed by atoms with Crippen molar-refractivity contribution in [1.29, 1.82) is 0 Å². The normalized spacial score (nSPS) is 51.2. The SMILES string of the molecule is CC1(C)C(=O)CC[C@]2(C)C1CC[C@]13CC(COI)[C@H](CCC12)C3. The van der Waals surface area contributed by atoms with Crippen molar-refractivity contribution in [1.82, 2.24) is 0 Å². The highest BCUT2D eigenvalue weighted by Crippen LogP contribution is 2.71. The molecule has 130 valence electrons. The van der Waals surface area contributed by atoms with Crippen LogP contribution in [0.5, 0.6) is 0 Å². The van der Waals surface area contributed by atoms with Crippen molar-refractivity contribution in [2.24, 2.45) is 39.9 Å². The summed E-state index contributed by atoms with van der Waals surface area (Å²) in [4.78, 5) is 12.6. The molecular weight excluding hydrogens is 399 g/mol. The average Bonchev–Trinajstić information content (AvgIpc) is 2.75. The maximum Gasteiger partial charge on any atom is 0.138 e. The summed E-state index contributed by atoms with van der Waals surface area (Å²) < 4.78 is 5.51. The Morgan fingerprint density at radius 2 is 1.87 bits per heavy atom. The zero-order valence-electron chi connectivity index (χ0n) is 14.9. The van der Waals surface area contributed by atoms with Gasteiger partial charge in [-0.25, -0.2) is 0 Å². The molecule has 0 aromatic heterocycles. The summed E-state index contributed by atoms with van der Waals surface area (Å²) in [6, 6.07) is 0. The molecule has 2 nitrogen and oxygen atoms in total. The van der Waals surface area contributed by atoms with Crippen LogP contribution < -0.4 is 0 Å². The van der Waals surface area contributed by atoms with E-state index in [-0.39, 0.29) is 5.41 Å². The van der Waals surface area contributed by atoms with Gasteiger partial charge in [0.25, 0.3) is 0 Å². The Labute approximate surface area is 155 Å². The lowest BCUT2D eigenvalue weighted by Crippen LogP contribution is -2.58. The second-order valence-electron chi connectivity index (χ2n) is 9.94. The minimum absolute atomic E-state index is 0.102. The topological polar surface area (TPSA) is 26.3 Å². The van der Waals surface area contributed by atoms with Crippen LogP contribution in [-0.2, 0) is 7.86 Å². The molecule has 4 aliphatic carbocycles. The zero-order chi connectivity index (χ0) is 16.5. The van der Waals surface area contributed by atoms with E-state index in [1.165, 1.54) is 38.5 Å². The van der Waals surface area contributed by atoms with Crippen molar-refractivity contribution < 1.29 is 7.86 Å². The summed E-state index contributed by atoms with van der Waals surface area (Å²) in [7, 11) is 0. The Kier molecular flexibility index (Phi) is 3.97. The van der Waals surface area contributed by atoms with Crippen molar-refractivity contribution >= 4 is 28.8 Å². The summed E-state index contributed by atoms with van der Waals surface area (Å²) >= 11 is 2.08. The minimum Gasteiger partial charge on any atom is -0.316 e. The van der Waals surface area contributed by atoms with E-state index in [1.807, 2.05) is 0 Å². The highest BCUT2D eigenvalue weighted by Gasteiger charge is 2.65. The third kappa shape index (κ3) is 2.24. The van der Waals surface area contributed by atoms with Crippen molar-refractivity contribution in [3.63, 3.8) is 0 Å². The fraction of sp³-hybridized carbons (Fsp3) is 0.950. The van der Waals surface area contributed by atoms with Gasteiger partial charge in [-0.3, -0.25) is 4.79 Å². The molecule has 3 heteroatoms. The van der Waals surface area contributed by atoms with Crippen LogP contribution in [0.15, 0.2) is 0 Å². The number of hydrogen-bond acceptors (Lipinski definition) is 2. The first-order chi connectivity index (χ1) is 10.8. The third-order valence-electron chi connectivity index (χ3n) is 8.85. The van der Waals surface area contributed by atoms with E-state index < -0.39 is 0 Å². The van der Waals surface area contributed by atoms with Gasteiger partial charge < -0.3 is 3.07 Å². The van der Waals surface area contributed by atoms with Gasteiger partial charge in [0.1, 0.15) is 28.8 Å². The van der Waals surface area contributed by atoms with Crippen LogP contribution in [0.4, 0.5) is 0 Å². The number of ketones is 1. The first kappa shape index (κ1) is 16.8. The summed E-state index contributed by atoms with van der Waals surface area (Å²) in [6.45, 7) is 7.98. The van der Waals surface area contributed by atoms with E-state index in [2.05, 4.69) is 43.8 Å². The molecule has 0 aromatic carbocycles. The maximum absolute atomic E-state index is 12.6. The number of halogens is 1. The number of rotatable bonds is 2. The standard InChI is InChI=1S/C20H31IO2/c1-18(2)15-6-9-20-10-13(14(11-20)12-23-21)4-5-16(20)19(15,3)8-7-17(18)22/h13-16H,4-12H2,1-3H3/t13-,14?,15?,16?,19-,20+/m1/s1. The molecular formula is C20H31IO2. The molecule has 4 aliphatic rings. The number of carbonyl (C=O) groups is 1. The van der Waals surface area contributed by atoms with E-state index >= 15 is 0 Å². The van der Waals surface area contributed by atoms with Gasteiger partial charge in [0.05, 0.1) is 6.61 Å². The van der Waals surface area contributed by atoms with Gasteiger partial charge in [0.2, 0.25) is 0 Å². The molecule has 0 saturated heterocycles. The third-order valence-corrected chi connectivity index (χ3v) is 9.21. The van der Waals surface area contributed by atoms with Crippen LogP contribution in [0.2, 0.25) is 0 Å². The summed E-state index contributed by atoms with van der Waals surface area (Å²) in [5.74, 6) is 3.65. The predicted molar refractivity (Wildman–Crippen MR) is 100 cm³/mol. The Morgan fingerprint density at radius 1 is 1.09 bits per heavy atom. The molecule has 4 rings (SSSR count). The van der Waals surface area contributed by atoms with Gasteiger partial charge in [-0.1, -0.05) is 20.8 Å². The molecule has 0 heterocycles. The van der Waals surface area contributed by atoms with Gasteiger partial charge in [-0.15, -0.1) is 0 Å². The van der Waals surface area contributed by atoms with Crippen LogP contribution in [0.3, 0.4) is 0 Å². The predicted octanol–water partition coefficient (Wildman–Crippen LogP) is 5.58. The molecule has 3 unspecified atom stereocenters. The van der Waals surface area contributed by atoms with Crippen molar-refractivity contribution in [3.05, 3.63) is 0 Å². The molecule has 2 bridgehead atoms. The highest BCUT2D eigenvalue weighted by atomic mass is 127. The van der Waals surface area contributed by atoms with Gasteiger partial charge in [0, 0.05) is 11.8 Å². The van der Waals surface area contributed by atoms with Crippen molar-refractivity contribution in [3.8, 4) is 0 Å². The van der Waals surface area contributed by atoms with E-state index in [0.29, 0.717) is 22.5 Å². The minimum atomic E-state index is -0.102. The molecule has 6 atom stereocenters. The monoisotopic (exact) mass is 430 g/mol. The molecule has 0 aromatic rings. The Bertz CT molecular complexity index is 516. The lowest BCUT2D eigenvalue weighted by Gasteiger charge is -2.63. The molecule has 0 aliphatic heterocycles. The van der Waals surface area contributed by atoms with Crippen molar-refractivity contribution in [2.75, 3.05) is 6.61 Å². The maximum atomic E-state index is 12.6. The first-order valence-corrected chi connectivity index (χ1v) is 10.5. The van der Waals surface area contributed by atoms with Gasteiger partial charge in [-0.05, 0) is 79.4 Å². The van der Waals surface area contributed by atoms with Gasteiger partial charge in [0.15, 0.2) is 0 Å². The molecule has 0 radical (unpaired) electrons. The van der Waals surface area contributed by atoms with E-state index in [4.69, 9.17) is 3.07 Å². The average molecular weight is 430 g/mol. The quantitative estimate of drug-likeness (QED) is 0.535. The van der Waals surface area contributed by atoms with E-state index in [1.54, 1.807) is 0 Å². The van der Waals surface area contributed by atoms with E-state index in [0.717, 1.165) is 37.2 Å². The first-order valence-electron chi connectivity index (χ1n) is 9.60. The van der Waals surface area contributed by atoms with Crippen LogP contribution >= 0.6 is 23.0 Å². The molecule has 1 spiro atoms. The largest absolute Gasteiger partial charge is 0.316 e. The highest BCUT2D eigenvalue weighted by molar-refractivity contribution is 14.1. The Morgan fingerprint density at radius 3 is 2.61 bits per heavy atom. The second kappa shape index (κ2) is 5.43. The number of hydrogen-bond donors (Lipinski definition) is 0. The van der Waals surface area contributed by atoms with Crippen LogP contribution in [0.1, 0.15) is 72.1 Å². The number of Topliss-reactive ketones (excluding diaryl/α,β-unsaturated/α-hetero) is 1. The zero-order valence-corrected chi connectivity index (χ0v) is 17.0. The fourth-order valence-electron chi connectivity index (χ4n) is 7.89. The Balaban J connectivity index is 1.67. The fourth-order valence-corrected chi connectivity index (χ4v) is 8.35. The summed E-state index contributed by atoms with van der Waals surface area (Å²) in [5.41, 5.74) is 0.861. The number of carbonyl (C=O) groups excluding carboxylic acids is 1. The smallest absolute Gasteiger partial charge is 0.138 e. The molecule has 0 N–H and O–H groups in total.